The van der Waals surface area contributed by atoms with Crippen LogP contribution in [-0.2, 0) is 22.6 Å². The van der Waals surface area contributed by atoms with Crippen LogP contribution < -0.4 is 11.1 Å². The molecule has 1 fully saturated rings. The van der Waals surface area contributed by atoms with Crippen molar-refractivity contribution in [2.24, 2.45) is 5.73 Å². The smallest absolute Gasteiger partial charge is 0.239 e. The number of carbonyl (C=O) groups is 1. The average molecular weight is 291 g/mol. The van der Waals surface area contributed by atoms with E-state index in [9.17, 15) is 4.79 Å². The fraction of sp³-hybridized carbons (Fsp3) is 0.562. The summed E-state index contributed by atoms with van der Waals surface area (Å²) in [6.45, 7) is 4.04. The molecule has 1 aliphatic rings. The van der Waals surface area contributed by atoms with E-state index in [1.165, 1.54) is 31.5 Å². The molecule has 0 spiro atoms. The predicted octanol–water partition coefficient (Wildman–Crippen LogP) is 0.872. The lowest BCUT2D eigenvalue weighted by Crippen LogP contribution is -2.43. The minimum atomic E-state index is -0.610. The Labute approximate surface area is 126 Å². The standard InChI is InChI=1S/C16H25N3O2/c1-21-12-15(17)16(20)18-10-13-6-2-3-7-14(13)11-19-8-4-5-9-19/h2-3,6-7,15H,4-5,8-12,17H2,1H3,(H,18,20). The van der Waals surface area contributed by atoms with E-state index in [2.05, 4.69) is 22.3 Å². The molecule has 0 saturated carbocycles. The summed E-state index contributed by atoms with van der Waals surface area (Å²) >= 11 is 0. The first-order chi connectivity index (χ1) is 10.2. The summed E-state index contributed by atoms with van der Waals surface area (Å²) in [6.07, 6.45) is 2.57. The second kappa shape index (κ2) is 8.12. The van der Waals surface area contributed by atoms with Crippen molar-refractivity contribution in [3.05, 3.63) is 35.4 Å². The van der Waals surface area contributed by atoms with Gasteiger partial charge in [-0.15, -0.1) is 0 Å². The third kappa shape index (κ3) is 4.81. The highest BCUT2D eigenvalue weighted by Crippen LogP contribution is 2.16. The number of benzene rings is 1. The lowest BCUT2D eigenvalue weighted by atomic mass is 10.1. The predicted molar refractivity (Wildman–Crippen MR) is 82.7 cm³/mol. The quantitative estimate of drug-likeness (QED) is 0.782. The van der Waals surface area contributed by atoms with E-state index < -0.39 is 6.04 Å². The summed E-state index contributed by atoms with van der Waals surface area (Å²) in [5, 5.41) is 2.89. The zero-order valence-electron chi connectivity index (χ0n) is 12.7. The SMILES string of the molecule is COCC(N)C(=O)NCc1ccccc1CN1CCCC1. The van der Waals surface area contributed by atoms with E-state index in [-0.39, 0.29) is 12.5 Å². The van der Waals surface area contributed by atoms with Crippen LogP contribution in [0, 0.1) is 0 Å². The van der Waals surface area contributed by atoms with Crippen molar-refractivity contribution in [3.63, 3.8) is 0 Å². The van der Waals surface area contributed by atoms with Gasteiger partial charge in [0.1, 0.15) is 6.04 Å². The minimum absolute atomic E-state index is 0.173. The molecule has 1 saturated heterocycles. The summed E-state index contributed by atoms with van der Waals surface area (Å²) in [6, 6.07) is 7.64. The fourth-order valence-corrected chi connectivity index (χ4v) is 2.63. The molecule has 2 rings (SSSR count). The van der Waals surface area contributed by atoms with Crippen LogP contribution in [-0.4, -0.2) is 43.7 Å². The maximum Gasteiger partial charge on any atom is 0.239 e. The summed E-state index contributed by atoms with van der Waals surface area (Å²) in [7, 11) is 1.54. The Hall–Kier alpha value is -1.43. The Morgan fingerprint density at radius 1 is 1.33 bits per heavy atom. The maximum atomic E-state index is 11.8. The summed E-state index contributed by atoms with van der Waals surface area (Å²) < 4.78 is 4.90. The van der Waals surface area contributed by atoms with Crippen LogP contribution in [0.5, 0.6) is 0 Å². The molecule has 3 N–H and O–H groups in total. The Balaban J connectivity index is 1.91. The van der Waals surface area contributed by atoms with Crippen LogP contribution in [0.15, 0.2) is 24.3 Å². The highest BCUT2D eigenvalue weighted by molar-refractivity contribution is 5.81. The molecule has 1 aliphatic heterocycles. The van der Waals surface area contributed by atoms with E-state index in [0.29, 0.717) is 6.54 Å². The van der Waals surface area contributed by atoms with E-state index in [4.69, 9.17) is 10.5 Å². The molecule has 5 heteroatoms. The third-order valence-corrected chi connectivity index (χ3v) is 3.85. The minimum Gasteiger partial charge on any atom is -0.383 e. The van der Waals surface area contributed by atoms with E-state index in [0.717, 1.165) is 12.1 Å². The van der Waals surface area contributed by atoms with E-state index >= 15 is 0 Å². The van der Waals surface area contributed by atoms with Gasteiger partial charge >= 0.3 is 0 Å². The Kier molecular flexibility index (Phi) is 6.17. The molecular weight excluding hydrogens is 266 g/mol. The van der Waals surface area contributed by atoms with Gasteiger partial charge in [0.05, 0.1) is 6.61 Å². The molecule has 1 amide bonds. The normalized spacial score (nSPS) is 16.9. The first kappa shape index (κ1) is 15.9. The van der Waals surface area contributed by atoms with Gasteiger partial charge < -0.3 is 15.8 Å². The van der Waals surface area contributed by atoms with Crippen LogP contribution in [0.4, 0.5) is 0 Å². The largest absolute Gasteiger partial charge is 0.383 e. The van der Waals surface area contributed by atoms with Gasteiger partial charge in [-0.3, -0.25) is 9.69 Å². The van der Waals surface area contributed by atoms with Gasteiger partial charge in [-0.25, -0.2) is 0 Å². The number of nitrogens with zero attached hydrogens (tertiary/aromatic N) is 1. The number of carbonyl (C=O) groups excluding carboxylic acids is 1. The summed E-state index contributed by atoms with van der Waals surface area (Å²) in [5.41, 5.74) is 8.15. The van der Waals surface area contributed by atoms with Crippen LogP contribution >= 0.6 is 0 Å². The van der Waals surface area contributed by atoms with Gasteiger partial charge in [0.2, 0.25) is 5.91 Å². The molecule has 1 atom stereocenters. The van der Waals surface area contributed by atoms with Gasteiger partial charge in [0.25, 0.3) is 0 Å². The Bertz CT molecular complexity index is 459. The van der Waals surface area contributed by atoms with Crippen LogP contribution in [0.3, 0.4) is 0 Å². The number of nitrogens with one attached hydrogen (secondary N) is 1. The topological polar surface area (TPSA) is 67.6 Å². The number of methoxy groups -OCH3 is 1. The van der Waals surface area contributed by atoms with Crippen molar-refractivity contribution >= 4 is 5.91 Å². The van der Waals surface area contributed by atoms with Crippen molar-refractivity contribution in [1.29, 1.82) is 0 Å². The molecule has 5 nitrogen and oxygen atoms in total. The van der Waals surface area contributed by atoms with Gasteiger partial charge in [0.15, 0.2) is 0 Å². The van der Waals surface area contributed by atoms with Crippen LogP contribution in [0.1, 0.15) is 24.0 Å². The molecule has 1 aromatic rings. The molecule has 0 aliphatic carbocycles. The number of ether oxygens (including phenoxy) is 1. The number of hydrogen-bond acceptors (Lipinski definition) is 4. The molecule has 1 unspecified atom stereocenters. The molecule has 0 radical (unpaired) electrons. The molecular formula is C16H25N3O2. The van der Waals surface area contributed by atoms with Crippen molar-refractivity contribution in [1.82, 2.24) is 10.2 Å². The number of likely N-dealkylation sites (tertiary alicyclic amines) is 1. The molecule has 116 valence electrons. The zero-order valence-corrected chi connectivity index (χ0v) is 12.7. The highest BCUT2D eigenvalue weighted by atomic mass is 16.5. The van der Waals surface area contributed by atoms with Crippen molar-refractivity contribution in [2.75, 3.05) is 26.8 Å². The Morgan fingerprint density at radius 2 is 2.00 bits per heavy atom. The monoisotopic (exact) mass is 291 g/mol. The third-order valence-electron chi connectivity index (χ3n) is 3.85. The summed E-state index contributed by atoms with van der Waals surface area (Å²) in [5.74, 6) is -0.173. The second-order valence-corrected chi connectivity index (χ2v) is 5.53. The van der Waals surface area contributed by atoms with Crippen molar-refractivity contribution < 1.29 is 9.53 Å². The first-order valence-corrected chi connectivity index (χ1v) is 7.52. The van der Waals surface area contributed by atoms with Gasteiger partial charge in [-0.2, -0.15) is 0 Å². The second-order valence-electron chi connectivity index (χ2n) is 5.53. The number of nitrogens with two attached hydrogens (primary N) is 1. The van der Waals surface area contributed by atoms with E-state index in [1.807, 2.05) is 12.1 Å². The maximum absolute atomic E-state index is 11.8. The van der Waals surface area contributed by atoms with Gasteiger partial charge in [-0.05, 0) is 37.1 Å². The highest BCUT2D eigenvalue weighted by Gasteiger charge is 2.15. The lowest BCUT2D eigenvalue weighted by Gasteiger charge is -2.18. The van der Waals surface area contributed by atoms with Gasteiger partial charge in [0, 0.05) is 20.2 Å². The zero-order chi connectivity index (χ0) is 15.1. The Morgan fingerprint density at radius 3 is 2.67 bits per heavy atom. The average Bonchev–Trinajstić information content (AvgIpc) is 2.99. The molecule has 0 bridgehead atoms. The fourth-order valence-electron chi connectivity index (χ4n) is 2.63. The number of hydrogen-bond donors (Lipinski definition) is 2. The number of amides is 1. The molecule has 1 aromatic carbocycles. The van der Waals surface area contributed by atoms with Crippen molar-refractivity contribution in [2.45, 2.75) is 32.0 Å². The van der Waals surface area contributed by atoms with Gasteiger partial charge in [-0.1, -0.05) is 24.3 Å². The van der Waals surface area contributed by atoms with Crippen LogP contribution in [0.25, 0.3) is 0 Å². The van der Waals surface area contributed by atoms with E-state index in [1.54, 1.807) is 7.11 Å². The first-order valence-electron chi connectivity index (χ1n) is 7.52. The van der Waals surface area contributed by atoms with Crippen molar-refractivity contribution in [3.8, 4) is 0 Å². The van der Waals surface area contributed by atoms with Crippen LogP contribution in [0.2, 0.25) is 0 Å². The molecule has 21 heavy (non-hydrogen) atoms. The molecule has 0 aromatic heterocycles. The summed E-state index contributed by atoms with van der Waals surface area (Å²) in [4.78, 5) is 14.3. The number of rotatable bonds is 7. The molecule has 1 heterocycles. The lowest BCUT2D eigenvalue weighted by molar-refractivity contribution is -0.123.